The Morgan fingerprint density at radius 2 is 1.92 bits per heavy atom. The van der Waals surface area contributed by atoms with E-state index in [0.717, 1.165) is 37.5 Å². The van der Waals surface area contributed by atoms with Crippen LogP contribution in [0.25, 0.3) is 0 Å². The number of carbonyl (C=O) groups is 1. The fraction of sp³-hybridized carbons (Fsp3) is 0.667. The van der Waals surface area contributed by atoms with E-state index in [1.807, 2.05) is 0 Å². The third-order valence-electron chi connectivity index (χ3n) is 6.52. The Hall–Kier alpha value is -1.06. The van der Waals surface area contributed by atoms with Crippen LogP contribution < -0.4 is 0 Å². The van der Waals surface area contributed by atoms with Crippen molar-refractivity contribution in [2.75, 3.05) is 19.6 Å². The topological polar surface area (TPSA) is 23.6 Å². The molecule has 3 nitrogen and oxygen atoms in total. The van der Waals surface area contributed by atoms with E-state index in [-0.39, 0.29) is 5.92 Å². The number of hydrogen-bond acceptors (Lipinski definition) is 2. The molecule has 136 valence electrons. The molecular weight excluding hydrogens is 332 g/mol. The predicted octanol–water partition coefficient (Wildman–Crippen LogP) is 4.44. The highest BCUT2D eigenvalue weighted by molar-refractivity contribution is 6.31. The molecule has 0 N–H and O–H groups in total. The Morgan fingerprint density at radius 1 is 1.16 bits per heavy atom. The normalized spacial score (nSPS) is 29.8. The number of likely N-dealkylation sites (tertiary alicyclic amines) is 2. The molecule has 3 aliphatic rings. The quantitative estimate of drug-likeness (QED) is 0.792. The first-order valence-corrected chi connectivity index (χ1v) is 10.3. The van der Waals surface area contributed by atoms with Crippen molar-refractivity contribution in [2.45, 2.75) is 64.0 Å². The summed E-state index contributed by atoms with van der Waals surface area (Å²) in [4.78, 5) is 17.0. The lowest BCUT2D eigenvalue weighted by Crippen LogP contribution is -2.39. The summed E-state index contributed by atoms with van der Waals surface area (Å²) in [6.45, 7) is 6.38. The number of halogens is 1. The lowest BCUT2D eigenvalue weighted by molar-refractivity contribution is -0.137. The molecule has 0 spiro atoms. The van der Waals surface area contributed by atoms with Gasteiger partial charge in [0.25, 0.3) is 0 Å². The van der Waals surface area contributed by atoms with Gasteiger partial charge in [0.15, 0.2) is 0 Å². The van der Waals surface area contributed by atoms with Crippen molar-refractivity contribution in [1.29, 1.82) is 0 Å². The van der Waals surface area contributed by atoms with Crippen LogP contribution in [0.1, 0.15) is 62.5 Å². The summed E-state index contributed by atoms with van der Waals surface area (Å²) >= 11 is 6.58. The second-order valence-corrected chi connectivity index (χ2v) is 8.62. The van der Waals surface area contributed by atoms with Crippen LogP contribution in [-0.4, -0.2) is 41.4 Å². The van der Waals surface area contributed by atoms with Crippen molar-refractivity contribution in [1.82, 2.24) is 9.80 Å². The van der Waals surface area contributed by atoms with Gasteiger partial charge in [0, 0.05) is 36.6 Å². The number of amides is 1. The van der Waals surface area contributed by atoms with E-state index in [0.29, 0.717) is 17.9 Å². The van der Waals surface area contributed by atoms with Crippen LogP contribution in [-0.2, 0) is 11.3 Å². The average Bonchev–Trinajstić information content (AvgIpc) is 3.20. The maximum Gasteiger partial charge on any atom is 0.225 e. The van der Waals surface area contributed by atoms with Crippen LogP contribution in [0.3, 0.4) is 0 Å². The highest BCUT2D eigenvalue weighted by Crippen LogP contribution is 2.43. The standard InChI is InChI=1S/C21H29ClN2O/c1-15-5-4-10-24(15)14-17-7-6-16(13-20(17)22)18-11-19(12-18)21(25)23-8-2-3-9-23/h6-7,13,15,18-19H,2-5,8-12,14H2,1H3/t15-,18?,19?/m1/s1. The van der Waals surface area contributed by atoms with Gasteiger partial charge in [0.05, 0.1) is 0 Å². The molecule has 0 unspecified atom stereocenters. The van der Waals surface area contributed by atoms with E-state index in [9.17, 15) is 4.79 Å². The lowest BCUT2D eigenvalue weighted by Gasteiger charge is -2.37. The molecule has 0 bridgehead atoms. The van der Waals surface area contributed by atoms with Crippen LogP contribution in [0, 0.1) is 5.92 Å². The Morgan fingerprint density at radius 3 is 2.56 bits per heavy atom. The minimum absolute atomic E-state index is 0.243. The zero-order valence-corrected chi connectivity index (χ0v) is 16.0. The predicted molar refractivity (Wildman–Crippen MR) is 102 cm³/mol. The largest absolute Gasteiger partial charge is 0.342 e. The molecule has 0 aromatic heterocycles. The van der Waals surface area contributed by atoms with Gasteiger partial charge in [0.2, 0.25) is 5.91 Å². The van der Waals surface area contributed by atoms with Crippen LogP contribution >= 0.6 is 11.6 Å². The fourth-order valence-corrected chi connectivity index (χ4v) is 4.93. The van der Waals surface area contributed by atoms with Gasteiger partial charge in [0.1, 0.15) is 0 Å². The molecule has 1 saturated carbocycles. The van der Waals surface area contributed by atoms with Gasteiger partial charge in [-0.05, 0) is 75.1 Å². The molecule has 1 atom stereocenters. The highest BCUT2D eigenvalue weighted by atomic mass is 35.5. The Bertz CT molecular complexity index is 635. The number of nitrogens with zero attached hydrogens (tertiary/aromatic N) is 2. The molecular formula is C21H29ClN2O. The summed E-state index contributed by atoms with van der Waals surface area (Å²) in [6.07, 6.45) is 6.93. The van der Waals surface area contributed by atoms with Crippen molar-refractivity contribution in [3.05, 3.63) is 34.3 Å². The molecule has 2 aliphatic heterocycles. The van der Waals surface area contributed by atoms with Gasteiger partial charge in [-0.15, -0.1) is 0 Å². The molecule has 4 rings (SSSR count). The second-order valence-electron chi connectivity index (χ2n) is 8.21. The van der Waals surface area contributed by atoms with Crippen LogP contribution in [0.5, 0.6) is 0 Å². The summed E-state index contributed by atoms with van der Waals surface area (Å²) < 4.78 is 0. The summed E-state index contributed by atoms with van der Waals surface area (Å²) in [5.74, 6) is 1.14. The minimum Gasteiger partial charge on any atom is -0.342 e. The molecule has 0 radical (unpaired) electrons. The molecule has 2 saturated heterocycles. The maximum atomic E-state index is 12.4. The summed E-state index contributed by atoms with van der Waals surface area (Å²) in [5.41, 5.74) is 2.55. The Balaban J connectivity index is 1.34. The molecule has 3 fully saturated rings. The minimum atomic E-state index is 0.243. The molecule has 1 aromatic rings. The molecule has 1 aliphatic carbocycles. The van der Waals surface area contributed by atoms with E-state index in [2.05, 4.69) is 34.9 Å². The second kappa shape index (κ2) is 7.28. The first kappa shape index (κ1) is 17.4. The van der Waals surface area contributed by atoms with Crippen molar-refractivity contribution in [3.8, 4) is 0 Å². The average molecular weight is 361 g/mol. The van der Waals surface area contributed by atoms with E-state index in [1.54, 1.807) is 0 Å². The van der Waals surface area contributed by atoms with Gasteiger partial charge in [-0.3, -0.25) is 9.69 Å². The van der Waals surface area contributed by atoms with Gasteiger partial charge < -0.3 is 4.90 Å². The molecule has 1 amide bonds. The molecule has 1 aromatic carbocycles. The van der Waals surface area contributed by atoms with Gasteiger partial charge >= 0.3 is 0 Å². The zero-order valence-electron chi connectivity index (χ0n) is 15.2. The summed E-state index contributed by atoms with van der Waals surface area (Å²) in [5, 5.41) is 0.894. The first-order chi connectivity index (χ1) is 12.1. The van der Waals surface area contributed by atoms with Crippen molar-refractivity contribution >= 4 is 17.5 Å². The third kappa shape index (κ3) is 3.59. The lowest BCUT2D eigenvalue weighted by atomic mass is 9.70. The van der Waals surface area contributed by atoms with Crippen molar-refractivity contribution in [2.24, 2.45) is 5.92 Å². The molecule has 4 heteroatoms. The van der Waals surface area contributed by atoms with Crippen molar-refractivity contribution in [3.63, 3.8) is 0 Å². The van der Waals surface area contributed by atoms with E-state index < -0.39 is 0 Å². The van der Waals surface area contributed by atoms with Gasteiger partial charge in [-0.1, -0.05) is 23.7 Å². The Labute approximate surface area is 156 Å². The van der Waals surface area contributed by atoms with Crippen LogP contribution in [0.15, 0.2) is 18.2 Å². The smallest absolute Gasteiger partial charge is 0.225 e. The van der Waals surface area contributed by atoms with Crippen molar-refractivity contribution < 1.29 is 4.79 Å². The van der Waals surface area contributed by atoms with Gasteiger partial charge in [-0.25, -0.2) is 0 Å². The number of carbonyl (C=O) groups excluding carboxylic acids is 1. The molecule has 25 heavy (non-hydrogen) atoms. The Kier molecular flexibility index (Phi) is 5.06. The zero-order chi connectivity index (χ0) is 17.4. The first-order valence-electron chi connectivity index (χ1n) is 9.93. The van der Waals surface area contributed by atoms with Crippen LogP contribution in [0.2, 0.25) is 5.02 Å². The van der Waals surface area contributed by atoms with E-state index >= 15 is 0 Å². The number of hydrogen-bond donors (Lipinski definition) is 0. The van der Waals surface area contributed by atoms with Crippen LogP contribution in [0.4, 0.5) is 0 Å². The highest BCUT2D eigenvalue weighted by Gasteiger charge is 2.38. The fourth-order valence-electron chi connectivity index (χ4n) is 4.68. The van der Waals surface area contributed by atoms with E-state index in [4.69, 9.17) is 11.6 Å². The number of benzene rings is 1. The summed E-state index contributed by atoms with van der Waals surface area (Å²) in [6, 6.07) is 7.26. The monoisotopic (exact) mass is 360 g/mol. The number of rotatable bonds is 4. The maximum absolute atomic E-state index is 12.4. The SMILES string of the molecule is C[C@@H]1CCCN1Cc1ccc(C2CC(C(=O)N3CCCC3)C2)cc1Cl. The van der Waals surface area contributed by atoms with E-state index in [1.165, 1.54) is 43.4 Å². The third-order valence-corrected chi connectivity index (χ3v) is 6.87. The van der Waals surface area contributed by atoms with Gasteiger partial charge in [-0.2, -0.15) is 0 Å². The summed E-state index contributed by atoms with van der Waals surface area (Å²) in [7, 11) is 0. The molecule has 2 heterocycles.